The molecular formula is C16H22N2O2S. The molecule has 3 rings (SSSR count). The van der Waals surface area contributed by atoms with E-state index in [1.54, 1.807) is 0 Å². The number of benzene rings is 1. The highest BCUT2D eigenvalue weighted by atomic mass is 32.2. The average molecular weight is 306 g/mol. The van der Waals surface area contributed by atoms with E-state index in [0.29, 0.717) is 5.25 Å². The first-order valence-corrected chi connectivity index (χ1v) is 8.50. The summed E-state index contributed by atoms with van der Waals surface area (Å²) < 4.78 is 0. The van der Waals surface area contributed by atoms with E-state index in [9.17, 15) is 4.79 Å². The van der Waals surface area contributed by atoms with Crippen LogP contribution in [0.3, 0.4) is 0 Å². The van der Waals surface area contributed by atoms with E-state index in [1.807, 2.05) is 11.8 Å². The van der Waals surface area contributed by atoms with Gasteiger partial charge in [-0.15, -0.1) is 11.8 Å². The maximum absolute atomic E-state index is 10.8. The smallest absolute Gasteiger partial charge is 0.317 e. The number of carboxylic acids is 1. The Labute approximate surface area is 130 Å². The lowest BCUT2D eigenvalue weighted by Crippen LogP contribution is -2.36. The molecule has 4 nitrogen and oxygen atoms in total. The third kappa shape index (κ3) is 3.99. The van der Waals surface area contributed by atoms with Crippen LogP contribution in [0.15, 0.2) is 29.2 Å². The molecule has 0 saturated carbocycles. The van der Waals surface area contributed by atoms with Crippen LogP contribution in [0.1, 0.15) is 12.0 Å². The van der Waals surface area contributed by atoms with E-state index in [1.165, 1.54) is 10.5 Å². The standard InChI is InChI=1S/C16H22N2O2S/c19-16(20)12-18-7-3-6-17(8-9-18)11-14-10-13-4-1-2-5-15(13)21-14/h1-2,4-5,14H,3,6-12H2,(H,19,20). The van der Waals surface area contributed by atoms with Crippen molar-refractivity contribution in [1.82, 2.24) is 9.80 Å². The van der Waals surface area contributed by atoms with Gasteiger partial charge in [0.25, 0.3) is 0 Å². The van der Waals surface area contributed by atoms with Crippen LogP contribution in [0.5, 0.6) is 0 Å². The zero-order valence-corrected chi connectivity index (χ0v) is 13.0. The monoisotopic (exact) mass is 306 g/mol. The Morgan fingerprint density at radius 3 is 2.76 bits per heavy atom. The first-order valence-electron chi connectivity index (χ1n) is 7.62. The SMILES string of the molecule is O=C(O)CN1CCCN(CC2Cc3ccccc3S2)CC1. The summed E-state index contributed by atoms with van der Waals surface area (Å²) in [5, 5.41) is 9.54. The third-order valence-electron chi connectivity index (χ3n) is 4.22. The highest BCUT2D eigenvalue weighted by Crippen LogP contribution is 2.37. The number of nitrogens with zero attached hydrogens (tertiary/aromatic N) is 2. The lowest BCUT2D eigenvalue weighted by Gasteiger charge is -2.23. The van der Waals surface area contributed by atoms with Gasteiger partial charge < -0.3 is 10.0 Å². The molecule has 2 heterocycles. The van der Waals surface area contributed by atoms with Gasteiger partial charge in [-0.1, -0.05) is 18.2 Å². The quantitative estimate of drug-likeness (QED) is 0.919. The van der Waals surface area contributed by atoms with Crippen molar-refractivity contribution >= 4 is 17.7 Å². The van der Waals surface area contributed by atoms with Crippen molar-refractivity contribution in [3.63, 3.8) is 0 Å². The van der Waals surface area contributed by atoms with Crippen molar-refractivity contribution in [1.29, 1.82) is 0 Å². The van der Waals surface area contributed by atoms with Crippen LogP contribution in [0.2, 0.25) is 0 Å². The lowest BCUT2D eigenvalue weighted by molar-refractivity contribution is -0.138. The summed E-state index contributed by atoms with van der Waals surface area (Å²) in [6.07, 6.45) is 2.23. The van der Waals surface area contributed by atoms with Crippen molar-refractivity contribution in [3.8, 4) is 0 Å². The zero-order chi connectivity index (χ0) is 14.7. The predicted octanol–water partition coefficient (Wildman–Crippen LogP) is 1.80. The molecule has 0 aromatic heterocycles. The molecule has 0 amide bonds. The Morgan fingerprint density at radius 1 is 1.19 bits per heavy atom. The molecule has 1 saturated heterocycles. The Bertz CT molecular complexity index is 484. The summed E-state index contributed by atoms with van der Waals surface area (Å²) in [5.74, 6) is -0.717. The molecule has 1 unspecified atom stereocenters. The van der Waals surface area contributed by atoms with Crippen LogP contribution in [0, 0.1) is 0 Å². The van der Waals surface area contributed by atoms with E-state index in [4.69, 9.17) is 5.11 Å². The Balaban J connectivity index is 1.50. The summed E-state index contributed by atoms with van der Waals surface area (Å²) in [5.41, 5.74) is 1.48. The molecule has 1 fully saturated rings. The third-order valence-corrected chi connectivity index (χ3v) is 5.52. The molecule has 1 aromatic carbocycles. The van der Waals surface area contributed by atoms with Crippen LogP contribution in [-0.4, -0.2) is 65.4 Å². The molecule has 114 valence electrons. The van der Waals surface area contributed by atoms with E-state index in [0.717, 1.165) is 45.6 Å². The topological polar surface area (TPSA) is 43.8 Å². The normalized spacial score (nSPS) is 23.7. The largest absolute Gasteiger partial charge is 0.480 e. The fourth-order valence-electron chi connectivity index (χ4n) is 3.20. The molecule has 0 spiro atoms. The number of fused-ring (bicyclic) bond motifs is 1. The number of hydrogen-bond acceptors (Lipinski definition) is 4. The molecule has 0 aliphatic carbocycles. The summed E-state index contributed by atoms with van der Waals surface area (Å²) in [7, 11) is 0. The molecule has 1 aromatic rings. The number of carbonyl (C=O) groups is 1. The Hall–Kier alpha value is -1.04. The molecule has 0 bridgehead atoms. The minimum absolute atomic E-state index is 0.178. The van der Waals surface area contributed by atoms with Gasteiger partial charge in [-0.05, 0) is 31.0 Å². The number of thioether (sulfide) groups is 1. The summed E-state index contributed by atoms with van der Waals surface area (Å²) in [6.45, 7) is 5.14. The van der Waals surface area contributed by atoms with Gasteiger partial charge in [0.15, 0.2) is 0 Å². The van der Waals surface area contributed by atoms with Crippen molar-refractivity contribution in [2.75, 3.05) is 39.3 Å². The zero-order valence-electron chi connectivity index (χ0n) is 12.2. The summed E-state index contributed by atoms with van der Waals surface area (Å²) >= 11 is 2.00. The van der Waals surface area contributed by atoms with Gasteiger partial charge in [0, 0.05) is 36.3 Å². The van der Waals surface area contributed by atoms with Gasteiger partial charge in [-0.2, -0.15) is 0 Å². The van der Waals surface area contributed by atoms with Crippen LogP contribution in [0.4, 0.5) is 0 Å². The van der Waals surface area contributed by atoms with Crippen LogP contribution in [0.25, 0.3) is 0 Å². The van der Waals surface area contributed by atoms with Crippen molar-refractivity contribution < 1.29 is 9.90 Å². The predicted molar refractivity (Wildman–Crippen MR) is 84.9 cm³/mol. The maximum Gasteiger partial charge on any atom is 0.317 e. The Kier molecular flexibility index (Phi) is 4.83. The van der Waals surface area contributed by atoms with Crippen molar-refractivity contribution in [2.45, 2.75) is 23.0 Å². The molecule has 21 heavy (non-hydrogen) atoms. The second-order valence-corrected chi connectivity index (χ2v) is 7.22. The molecule has 1 atom stereocenters. The lowest BCUT2D eigenvalue weighted by atomic mass is 10.1. The average Bonchev–Trinajstić information content (AvgIpc) is 2.73. The summed E-state index contributed by atoms with van der Waals surface area (Å²) in [4.78, 5) is 16.8. The van der Waals surface area contributed by atoms with E-state index in [2.05, 4.69) is 34.1 Å². The van der Waals surface area contributed by atoms with E-state index < -0.39 is 5.97 Å². The van der Waals surface area contributed by atoms with Gasteiger partial charge in [-0.25, -0.2) is 0 Å². The van der Waals surface area contributed by atoms with Gasteiger partial charge >= 0.3 is 5.97 Å². The number of carboxylic acid groups (broad SMARTS) is 1. The maximum atomic E-state index is 10.8. The first kappa shape index (κ1) is 14.9. The number of hydrogen-bond donors (Lipinski definition) is 1. The fourth-order valence-corrected chi connectivity index (χ4v) is 4.57. The molecule has 2 aliphatic rings. The van der Waals surface area contributed by atoms with Gasteiger partial charge in [0.05, 0.1) is 6.54 Å². The molecular weight excluding hydrogens is 284 g/mol. The van der Waals surface area contributed by atoms with Gasteiger partial charge in [0.1, 0.15) is 0 Å². The second kappa shape index (κ2) is 6.81. The fraction of sp³-hybridized carbons (Fsp3) is 0.562. The molecule has 5 heteroatoms. The van der Waals surface area contributed by atoms with Crippen LogP contribution >= 0.6 is 11.8 Å². The van der Waals surface area contributed by atoms with Gasteiger partial charge in [-0.3, -0.25) is 9.69 Å². The molecule has 2 aliphatic heterocycles. The minimum Gasteiger partial charge on any atom is -0.480 e. The first-order chi connectivity index (χ1) is 10.2. The number of rotatable bonds is 4. The number of aliphatic carboxylic acids is 1. The highest BCUT2D eigenvalue weighted by molar-refractivity contribution is 8.00. The summed E-state index contributed by atoms with van der Waals surface area (Å²) in [6, 6.07) is 8.69. The van der Waals surface area contributed by atoms with Gasteiger partial charge in [0.2, 0.25) is 0 Å². The second-order valence-electron chi connectivity index (χ2n) is 5.88. The highest BCUT2D eigenvalue weighted by Gasteiger charge is 2.25. The van der Waals surface area contributed by atoms with Crippen LogP contribution in [-0.2, 0) is 11.2 Å². The minimum atomic E-state index is -0.717. The van der Waals surface area contributed by atoms with E-state index >= 15 is 0 Å². The molecule has 1 N–H and O–H groups in total. The Morgan fingerprint density at radius 2 is 1.95 bits per heavy atom. The van der Waals surface area contributed by atoms with Crippen molar-refractivity contribution in [3.05, 3.63) is 29.8 Å². The van der Waals surface area contributed by atoms with E-state index in [-0.39, 0.29) is 6.54 Å². The molecule has 0 radical (unpaired) electrons. The van der Waals surface area contributed by atoms with Crippen LogP contribution < -0.4 is 0 Å². The van der Waals surface area contributed by atoms with Crippen molar-refractivity contribution in [2.24, 2.45) is 0 Å².